The molecule has 0 atom stereocenters. The summed E-state index contributed by atoms with van der Waals surface area (Å²) in [6.07, 6.45) is 1.67. The van der Waals surface area contributed by atoms with Gasteiger partial charge in [0, 0.05) is 5.57 Å². The summed E-state index contributed by atoms with van der Waals surface area (Å²) >= 11 is 0. The molecule has 0 aliphatic heterocycles. The van der Waals surface area contributed by atoms with Gasteiger partial charge in [-0.3, -0.25) is 4.79 Å². The third-order valence-corrected chi connectivity index (χ3v) is 1.66. The minimum Gasteiger partial charge on any atom is -0.508 e. The number of phenols is 1. The second kappa shape index (κ2) is 3.76. The maximum atomic E-state index is 10.7. The molecule has 0 bridgehead atoms. The third-order valence-electron chi connectivity index (χ3n) is 1.66. The van der Waals surface area contributed by atoms with Gasteiger partial charge < -0.3 is 10.8 Å². The number of rotatable bonds is 2. The molecule has 13 heavy (non-hydrogen) atoms. The van der Waals surface area contributed by atoms with Crippen molar-refractivity contribution >= 4 is 12.0 Å². The molecule has 0 radical (unpaired) electrons. The van der Waals surface area contributed by atoms with Gasteiger partial charge in [0.15, 0.2) is 0 Å². The number of primary amides is 1. The SMILES string of the molecule is C/C(=C\c1ccc(O)cc1)C(N)=O. The van der Waals surface area contributed by atoms with Crippen LogP contribution in [0, 0.1) is 0 Å². The molecule has 1 rings (SSSR count). The van der Waals surface area contributed by atoms with Gasteiger partial charge in [0.05, 0.1) is 0 Å². The number of hydrogen-bond donors (Lipinski definition) is 2. The van der Waals surface area contributed by atoms with E-state index in [0.717, 1.165) is 5.56 Å². The molecule has 3 nitrogen and oxygen atoms in total. The Morgan fingerprint density at radius 2 is 1.92 bits per heavy atom. The summed E-state index contributed by atoms with van der Waals surface area (Å²) in [6, 6.07) is 6.53. The minimum absolute atomic E-state index is 0.203. The Labute approximate surface area is 76.5 Å². The van der Waals surface area contributed by atoms with Crippen LogP contribution in [-0.4, -0.2) is 11.0 Å². The molecular formula is C10H11NO2. The number of nitrogens with two attached hydrogens (primary N) is 1. The third kappa shape index (κ3) is 2.63. The van der Waals surface area contributed by atoms with Crippen molar-refractivity contribution < 1.29 is 9.90 Å². The summed E-state index contributed by atoms with van der Waals surface area (Å²) in [5.41, 5.74) is 6.39. The predicted molar refractivity (Wildman–Crippen MR) is 51.0 cm³/mol. The van der Waals surface area contributed by atoms with Crippen molar-refractivity contribution in [1.82, 2.24) is 0 Å². The second-order valence-electron chi connectivity index (χ2n) is 2.78. The van der Waals surface area contributed by atoms with E-state index in [1.807, 2.05) is 0 Å². The van der Waals surface area contributed by atoms with E-state index in [4.69, 9.17) is 10.8 Å². The van der Waals surface area contributed by atoms with E-state index >= 15 is 0 Å². The molecule has 1 amide bonds. The Morgan fingerprint density at radius 3 is 2.38 bits per heavy atom. The lowest BCUT2D eigenvalue weighted by Crippen LogP contribution is -2.11. The lowest BCUT2D eigenvalue weighted by molar-refractivity contribution is -0.114. The van der Waals surface area contributed by atoms with E-state index in [1.54, 1.807) is 37.3 Å². The van der Waals surface area contributed by atoms with Crippen LogP contribution in [0.4, 0.5) is 0 Å². The van der Waals surface area contributed by atoms with Gasteiger partial charge in [-0.2, -0.15) is 0 Å². The molecule has 1 aromatic rings. The number of hydrogen-bond acceptors (Lipinski definition) is 2. The number of amides is 1. The van der Waals surface area contributed by atoms with Crippen LogP contribution in [0.2, 0.25) is 0 Å². The van der Waals surface area contributed by atoms with Gasteiger partial charge in [0.25, 0.3) is 0 Å². The summed E-state index contributed by atoms with van der Waals surface area (Å²) in [6.45, 7) is 1.65. The summed E-state index contributed by atoms with van der Waals surface area (Å²) in [4.78, 5) is 10.7. The van der Waals surface area contributed by atoms with Crippen molar-refractivity contribution in [3.05, 3.63) is 35.4 Å². The molecule has 3 heteroatoms. The first-order valence-corrected chi connectivity index (χ1v) is 3.87. The van der Waals surface area contributed by atoms with Crippen LogP contribution in [0.25, 0.3) is 6.08 Å². The van der Waals surface area contributed by atoms with E-state index < -0.39 is 5.91 Å². The molecule has 3 N–H and O–H groups in total. The molecule has 0 aromatic heterocycles. The largest absolute Gasteiger partial charge is 0.508 e. The molecule has 0 aliphatic carbocycles. The van der Waals surface area contributed by atoms with Crippen LogP contribution in [0.3, 0.4) is 0 Å². The maximum Gasteiger partial charge on any atom is 0.244 e. The number of aromatic hydroxyl groups is 1. The average Bonchev–Trinajstić information content (AvgIpc) is 2.08. The van der Waals surface area contributed by atoms with Crippen LogP contribution >= 0.6 is 0 Å². The van der Waals surface area contributed by atoms with Crippen LogP contribution < -0.4 is 5.73 Å². The minimum atomic E-state index is -0.437. The molecular weight excluding hydrogens is 166 g/mol. The Bertz CT molecular complexity index is 338. The average molecular weight is 177 g/mol. The zero-order valence-corrected chi connectivity index (χ0v) is 7.32. The normalized spacial score (nSPS) is 11.3. The monoisotopic (exact) mass is 177 g/mol. The smallest absolute Gasteiger partial charge is 0.244 e. The van der Waals surface area contributed by atoms with Crippen molar-refractivity contribution in [3.8, 4) is 5.75 Å². The van der Waals surface area contributed by atoms with Gasteiger partial charge in [-0.1, -0.05) is 12.1 Å². The fourth-order valence-electron chi connectivity index (χ4n) is 0.892. The first kappa shape index (κ1) is 9.32. The van der Waals surface area contributed by atoms with E-state index in [-0.39, 0.29) is 5.75 Å². The van der Waals surface area contributed by atoms with Gasteiger partial charge in [-0.25, -0.2) is 0 Å². The van der Waals surface area contributed by atoms with Gasteiger partial charge in [-0.15, -0.1) is 0 Å². The Balaban J connectivity index is 2.92. The zero-order valence-electron chi connectivity index (χ0n) is 7.32. The second-order valence-corrected chi connectivity index (χ2v) is 2.78. The van der Waals surface area contributed by atoms with Crippen molar-refractivity contribution in [2.45, 2.75) is 6.92 Å². The van der Waals surface area contributed by atoms with E-state index in [2.05, 4.69) is 0 Å². The predicted octanol–water partition coefficient (Wildman–Crippen LogP) is 1.28. The first-order valence-electron chi connectivity index (χ1n) is 3.87. The number of carbonyl (C=O) groups excluding carboxylic acids is 1. The molecule has 1 aromatic carbocycles. The number of benzene rings is 1. The summed E-state index contributed by atoms with van der Waals surface area (Å²) in [5.74, 6) is -0.234. The van der Waals surface area contributed by atoms with Crippen molar-refractivity contribution in [3.63, 3.8) is 0 Å². The zero-order chi connectivity index (χ0) is 9.84. The first-order chi connectivity index (χ1) is 6.09. The molecule has 0 unspecified atom stereocenters. The number of phenolic OH excluding ortho intramolecular Hbond substituents is 1. The van der Waals surface area contributed by atoms with Crippen LogP contribution in [0.1, 0.15) is 12.5 Å². The molecule has 0 saturated heterocycles. The summed E-state index contributed by atoms with van der Waals surface area (Å²) < 4.78 is 0. The summed E-state index contributed by atoms with van der Waals surface area (Å²) in [7, 11) is 0. The molecule has 68 valence electrons. The van der Waals surface area contributed by atoms with Crippen LogP contribution in [0.5, 0.6) is 5.75 Å². The maximum absolute atomic E-state index is 10.7. The van der Waals surface area contributed by atoms with E-state index in [0.29, 0.717) is 5.57 Å². The topological polar surface area (TPSA) is 63.3 Å². The van der Waals surface area contributed by atoms with Gasteiger partial charge >= 0.3 is 0 Å². The van der Waals surface area contributed by atoms with Crippen molar-refractivity contribution in [1.29, 1.82) is 0 Å². The van der Waals surface area contributed by atoms with Gasteiger partial charge in [0.2, 0.25) is 5.91 Å². The fourth-order valence-corrected chi connectivity index (χ4v) is 0.892. The van der Waals surface area contributed by atoms with Crippen molar-refractivity contribution in [2.75, 3.05) is 0 Å². The van der Waals surface area contributed by atoms with Crippen LogP contribution in [-0.2, 0) is 4.79 Å². The van der Waals surface area contributed by atoms with Gasteiger partial charge in [0.1, 0.15) is 5.75 Å². The fraction of sp³-hybridized carbons (Fsp3) is 0.100. The molecule has 0 spiro atoms. The standard InChI is InChI=1S/C10H11NO2/c1-7(10(11)13)6-8-2-4-9(12)5-3-8/h2-6,12H,1H3,(H2,11,13)/b7-6+. The molecule has 0 aliphatic rings. The highest BCUT2D eigenvalue weighted by atomic mass is 16.3. The highest BCUT2D eigenvalue weighted by Crippen LogP contribution is 2.12. The Kier molecular flexibility index (Phi) is 2.69. The quantitative estimate of drug-likeness (QED) is 0.668. The summed E-state index contributed by atoms with van der Waals surface area (Å²) in [5, 5.41) is 8.99. The molecule has 0 fully saturated rings. The van der Waals surface area contributed by atoms with Crippen LogP contribution in [0.15, 0.2) is 29.8 Å². The molecule has 0 heterocycles. The lowest BCUT2D eigenvalue weighted by atomic mass is 10.1. The van der Waals surface area contributed by atoms with E-state index in [9.17, 15) is 4.79 Å². The lowest BCUT2D eigenvalue weighted by Gasteiger charge is -1.96. The molecule has 0 saturated carbocycles. The van der Waals surface area contributed by atoms with Gasteiger partial charge in [-0.05, 0) is 30.7 Å². The highest BCUT2D eigenvalue weighted by Gasteiger charge is 1.96. The Hall–Kier alpha value is -1.77. The van der Waals surface area contributed by atoms with E-state index in [1.165, 1.54) is 0 Å². The highest BCUT2D eigenvalue weighted by molar-refractivity contribution is 5.95. The Morgan fingerprint density at radius 1 is 1.38 bits per heavy atom. The number of carbonyl (C=O) groups is 1. The van der Waals surface area contributed by atoms with Crippen molar-refractivity contribution in [2.24, 2.45) is 5.73 Å².